The summed E-state index contributed by atoms with van der Waals surface area (Å²) < 4.78 is 25.1. The summed E-state index contributed by atoms with van der Waals surface area (Å²) in [6.07, 6.45) is 21.1. The normalized spacial score (nSPS) is 21.3. The topological polar surface area (TPSA) is 123 Å². The van der Waals surface area contributed by atoms with Gasteiger partial charge in [-0.05, 0) is 324 Å². The third kappa shape index (κ3) is 29.2. The Balaban J connectivity index is 0.000000162. The minimum atomic E-state index is 0.330. The highest BCUT2D eigenvalue weighted by Crippen LogP contribution is 2.37. The molecule has 8 unspecified atom stereocenters. The first-order chi connectivity index (χ1) is 50.8. The molecule has 12 rings (SSSR count). The molecule has 4 aliphatic carbocycles. The van der Waals surface area contributed by atoms with E-state index in [0.29, 0.717) is 66.3 Å². The second-order valence-corrected chi connectivity index (χ2v) is 32.3. The van der Waals surface area contributed by atoms with Crippen LogP contribution in [0.4, 0.5) is 5.69 Å². The van der Waals surface area contributed by atoms with Gasteiger partial charge in [0.1, 0.15) is 28.7 Å². The Hall–Kier alpha value is -7.60. The van der Waals surface area contributed by atoms with Crippen LogP contribution in [0.15, 0.2) is 194 Å². The number of aryl methyl sites for hydroxylation is 6. The lowest BCUT2D eigenvalue weighted by atomic mass is 9.79. The number of nitrogen functional groups attached to an aromatic ring is 1. The summed E-state index contributed by atoms with van der Waals surface area (Å²) in [7, 11) is 2.25. The van der Waals surface area contributed by atoms with E-state index in [2.05, 4.69) is 249 Å². The monoisotopic (exact) mass is 1420 g/mol. The molecule has 6 N–H and O–H groups in total. The van der Waals surface area contributed by atoms with Gasteiger partial charge in [0.05, 0.1) is 24.4 Å². The highest BCUT2D eigenvalue weighted by molar-refractivity contribution is 5.41. The number of anilines is 1. The van der Waals surface area contributed by atoms with Crippen molar-refractivity contribution in [3.63, 3.8) is 0 Å². The maximum atomic E-state index is 9.86. The van der Waals surface area contributed by atoms with Gasteiger partial charge in [0, 0.05) is 44.0 Å². The molecule has 0 bridgehead atoms. The third-order valence-corrected chi connectivity index (χ3v) is 22.7. The number of hydrogen-bond acceptors (Lipinski definition) is 10. The fourth-order valence-electron chi connectivity index (χ4n) is 16.3. The summed E-state index contributed by atoms with van der Waals surface area (Å²) in [4.78, 5) is 2.47. The van der Waals surface area contributed by atoms with Crippen LogP contribution in [0.1, 0.15) is 186 Å². The van der Waals surface area contributed by atoms with E-state index in [4.69, 9.17) is 24.7 Å². The summed E-state index contributed by atoms with van der Waals surface area (Å²) in [5.41, 5.74) is 19.4. The van der Waals surface area contributed by atoms with Crippen molar-refractivity contribution in [2.24, 2.45) is 47.3 Å². The fourth-order valence-corrected chi connectivity index (χ4v) is 16.3. The summed E-state index contributed by atoms with van der Waals surface area (Å²) in [5, 5.41) is 20.6. The van der Waals surface area contributed by atoms with Gasteiger partial charge in [-0.1, -0.05) is 166 Å². The zero-order valence-corrected chi connectivity index (χ0v) is 66.0. The Labute approximate surface area is 634 Å². The van der Waals surface area contributed by atoms with Crippen molar-refractivity contribution < 1.29 is 24.1 Å². The van der Waals surface area contributed by atoms with Crippen LogP contribution in [-0.2, 0) is 26.2 Å². The number of nitrogens with one attached hydrogen (secondary N) is 3. The molecule has 12 atom stereocenters. The number of hydrogen-bond donors (Lipinski definition) is 5. The highest BCUT2D eigenvalue weighted by atomic mass is 16.5. The number of rotatable bonds is 28. The van der Waals surface area contributed by atoms with Crippen LogP contribution in [0, 0.1) is 88.9 Å². The molecule has 0 saturated heterocycles. The molecule has 4 saturated carbocycles. The first kappa shape index (κ1) is 81.5. The van der Waals surface area contributed by atoms with Gasteiger partial charge in [0.2, 0.25) is 0 Å². The van der Waals surface area contributed by atoms with E-state index in [1.54, 1.807) is 6.07 Å². The van der Waals surface area contributed by atoms with Gasteiger partial charge in [0.15, 0.2) is 0 Å². The van der Waals surface area contributed by atoms with Crippen molar-refractivity contribution in [1.29, 1.82) is 0 Å². The number of nitrogens with two attached hydrogens (primary N) is 1. The maximum Gasteiger partial charge on any atom is 0.120 e. The molecule has 8 aromatic rings. The van der Waals surface area contributed by atoms with Crippen molar-refractivity contribution in [2.45, 2.75) is 223 Å². The Morgan fingerprint density at radius 3 is 1.10 bits per heavy atom. The quantitative estimate of drug-likeness (QED) is 0.0303. The Morgan fingerprint density at radius 2 is 0.724 bits per heavy atom. The molecule has 8 aromatic carbocycles. The van der Waals surface area contributed by atoms with Gasteiger partial charge in [-0.2, -0.15) is 0 Å². The van der Waals surface area contributed by atoms with Crippen LogP contribution >= 0.6 is 0 Å². The van der Waals surface area contributed by atoms with E-state index in [0.717, 1.165) is 117 Å². The molecule has 566 valence electrons. The Morgan fingerprint density at radius 1 is 0.371 bits per heavy atom. The molecular formula is C95H131N5O5. The fraction of sp³-hybridized carbons (Fsp3) is 0.495. The summed E-state index contributed by atoms with van der Waals surface area (Å²) in [5.74, 6) is 10.0. The van der Waals surface area contributed by atoms with Crippen molar-refractivity contribution in [1.82, 2.24) is 20.9 Å². The molecule has 0 amide bonds. The number of phenols is 1. The van der Waals surface area contributed by atoms with Crippen LogP contribution in [0.3, 0.4) is 0 Å². The molecule has 4 aliphatic rings. The van der Waals surface area contributed by atoms with Crippen LogP contribution in [-0.4, -0.2) is 67.6 Å². The predicted octanol–water partition coefficient (Wildman–Crippen LogP) is 21.7. The molecule has 0 heterocycles. The van der Waals surface area contributed by atoms with Gasteiger partial charge < -0.3 is 50.6 Å². The van der Waals surface area contributed by atoms with Crippen molar-refractivity contribution in [3.05, 3.63) is 250 Å². The minimum absolute atomic E-state index is 0.330. The molecule has 0 aromatic heterocycles. The first-order valence-corrected chi connectivity index (χ1v) is 40.3. The lowest BCUT2D eigenvalue weighted by Gasteiger charge is -2.35. The van der Waals surface area contributed by atoms with Crippen molar-refractivity contribution >= 4 is 5.69 Å². The van der Waals surface area contributed by atoms with E-state index >= 15 is 0 Å². The average molecular weight is 1420 g/mol. The van der Waals surface area contributed by atoms with E-state index in [-0.39, 0.29) is 0 Å². The minimum Gasteiger partial charge on any atom is -0.508 e. The van der Waals surface area contributed by atoms with Crippen LogP contribution in [0.2, 0.25) is 0 Å². The number of para-hydroxylation sites is 1. The average Bonchev–Trinajstić information content (AvgIpc) is 0.874. The maximum absolute atomic E-state index is 9.86. The van der Waals surface area contributed by atoms with Crippen molar-refractivity contribution in [2.75, 3.05) is 39.0 Å². The third-order valence-electron chi connectivity index (χ3n) is 22.7. The molecule has 105 heavy (non-hydrogen) atoms. The molecule has 10 nitrogen and oxygen atoms in total. The molecule has 4 fully saturated rings. The highest BCUT2D eigenvalue weighted by Gasteiger charge is 2.31. The van der Waals surface area contributed by atoms with Crippen molar-refractivity contribution in [3.8, 4) is 28.7 Å². The van der Waals surface area contributed by atoms with E-state index in [1.807, 2.05) is 36.4 Å². The van der Waals surface area contributed by atoms with Crippen LogP contribution in [0.25, 0.3) is 0 Å². The van der Waals surface area contributed by atoms with E-state index in [1.165, 1.54) is 134 Å². The van der Waals surface area contributed by atoms with Crippen LogP contribution < -0.4 is 40.6 Å². The molecule has 0 radical (unpaired) electrons. The predicted molar refractivity (Wildman–Crippen MR) is 440 cm³/mol. The SMILES string of the molecule is Cc1ccc(CN(C)CC(C)C2CCC[C@@H](Oc3cccc(C)c3)C2)cc1.Cc1ccc(CNCC(C)C2CCC[C@@H](Oc3cccc(C)c3)C2)cc1.Cc1cccc(O[C@@H]2CCCC(C(C)CNCc3cccc(N)c3)C2)c1.Cc1cccc(O[C@@H]2CCCC(C(C)CNCc3ccccc3O)C2)c1. The summed E-state index contributed by atoms with van der Waals surface area (Å²) in [6.45, 7) is 30.1. The largest absolute Gasteiger partial charge is 0.508 e. The second kappa shape index (κ2) is 43.3. The number of ether oxygens (including phenoxy) is 4. The zero-order chi connectivity index (χ0) is 74.3. The smallest absolute Gasteiger partial charge is 0.120 e. The second-order valence-electron chi connectivity index (χ2n) is 32.3. The van der Waals surface area contributed by atoms with Gasteiger partial charge >= 0.3 is 0 Å². The Bertz CT molecular complexity index is 3760. The molecule has 10 heteroatoms. The molecular weight excluding hydrogens is 1290 g/mol. The number of aromatic hydroxyl groups is 1. The standard InChI is InChI=1S/C25H35NO.C24H33NO.C23H32N2O.C23H31NO2/c1-19-11-13-22(14-12-19)18-26(4)17-21(3)23-8-6-10-25(16-23)27-24-9-5-7-20(2)15-24;1-18-10-12-21(13-11-18)17-25-16-20(3)22-7-5-9-24(15-22)26-23-8-4-6-19(2)14-23;1-17-6-3-10-22(12-17)26-23-11-5-8-20(14-23)18(2)15-25-16-19-7-4-9-21(24)13-19;1-17-7-5-10-21(13-17)26-22-11-6-9-19(14-22)18(2)15-24-16-20-8-3-4-12-23(20)25/h5,7,9,11-15,21,23,25H,6,8,10,16-18H2,1-4H3;4,6,8,10-14,20,22,24-25H,5,7,9,15-17H2,1-3H3;3-4,6-7,9-10,12-13,18,20,23,25H,5,8,11,14-16,24H2,1-2H3;3-5,7-8,10,12-13,18-19,22,24-25H,6,9,11,14-16H2,1-2H3/t21?,23?,25-;20?,22?,24-;18?,20?,23-;18?,19?,22-/m1111/s1. The van der Waals surface area contributed by atoms with E-state index in [9.17, 15) is 5.11 Å². The molecule has 0 spiro atoms. The lowest BCUT2D eigenvalue weighted by Crippen LogP contribution is -2.33. The van der Waals surface area contributed by atoms with E-state index < -0.39 is 0 Å². The first-order valence-electron chi connectivity index (χ1n) is 40.3. The van der Waals surface area contributed by atoms with Crippen LogP contribution in [0.5, 0.6) is 28.7 Å². The number of phenolic OH excluding ortho intramolecular Hbond substituents is 1. The van der Waals surface area contributed by atoms with Gasteiger partial charge in [0.25, 0.3) is 0 Å². The summed E-state index contributed by atoms with van der Waals surface area (Å²) in [6, 6.07) is 67.1. The number of nitrogens with zero attached hydrogens (tertiary/aromatic N) is 1. The lowest BCUT2D eigenvalue weighted by molar-refractivity contribution is 0.0913. The zero-order valence-electron chi connectivity index (χ0n) is 66.0. The van der Waals surface area contributed by atoms with Gasteiger partial charge in [-0.25, -0.2) is 0 Å². The molecule has 0 aliphatic heterocycles. The number of benzene rings is 8. The summed E-state index contributed by atoms with van der Waals surface area (Å²) >= 11 is 0. The van der Waals surface area contributed by atoms with Gasteiger partial charge in [-0.3, -0.25) is 0 Å². The van der Waals surface area contributed by atoms with Gasteiger partial charge in [-0.15, -0.1) is 0 Å². The Kier molecular flexibility index (Phi) is 33.6.